The summed E-state index contributed by atoms with van der Waals surface area (Å²) in [7, 11) is 1.25. The highest BCUT2D eigenvalue weighted by atomic mass is 16.6. The second-order valence-electron chi connectivity index (χ2n) is 5.57. The zero-order chi connectivity index (χ0) is 18.1. The number of carbonyl (C=O) groups excluding carboxylic acids is 1. The Balaban J connectivity index is 2.30. The van der Waals surface area contributed by atoms with Gasteiger partial charge in [0.15, 0.2) is 0 Å². The average molecular weight is 341 g/mol. The van der Waals surface area contributed by atoms with E-state index in [1.165, 1.54) is 31.5 Å². The van der Waals surface area contributed by atoms with Gasteiger partial charge >= 0.3 is 5.97 Å². The molecule has 2 heterocycles. The van der Waals surface area contributed by atoms with Crippen LogP contribution in [0.3, 0.4) is 0 Å². The predicted octanol–water partition coefficient (Wildman–Crippen LogP) is 2.29. The molecule has 0 spiro atoms. The summed E-state index contributed by atoms with van der Waals surface area (Å²) in [5, 5.41) is 14.1. The summed E-state index contributed by atoms with van der Waals surface area (Å²) in [4.78, 5) is 37.9. The summed E-state index contributed by atoms with van der Waals surface area (Å²) < 4.78 is 4.86. The first-order valence-corrected chi connectivity index (χ1v) is 7.46. The lowest BCUT2D eigenvalue weighted by molar-refractivity contribution is -0.384. The number of aromatic nitrogens is 1. The molecule has 0 radical (unpaired) electrons. The van der Waals surface area contributed by atoms with E-state index in [9.17, 15) is 19.7 Å². The number of rotatable bonds is 3. The van der Waals surface area contributed by atoms with E-state index in [4.69, 9.17) is 4.74 Å². The van der Waals surface area contributed by atoms with Crippen LogP contribution < -0.4 is 10.9 Å². The highest BCUT2D eigenvalue weighted by molar-refractivity contribution is 5.94. The molecule has 0 aliphatic carbocycles. The number of anilines is 1. The first kappa shape index (κ1) is 16.4. The molecule has 128 valence electrons. The number of hydrogen-bond acceptors (Lipinski definition) is 6. The summed E-state index contributed by atoms with van der Waals surface area (Å²) >= 11 is 0. The van der Waals surface area contributed by atoms with E-state index in [-0.39, 0.29) is 16.8 Å². The maximum Gasteiger partial charge on any atom is 0.336 e. The number of ether oxygens (including phenoxy) is 1. The van der Waals surface area contributed by atoms with Crippen LogP contribution in [0.1, 0.15) is 24.0 Å². The van der Waals surface area contributed by atoms with Crippen molar-refractivity contribution in [3.05, 3.63) is 79.4 Å². The molecule has 1 aromatic heterocycles. The summed E-state index contributed by atoms with van der Waals surface area (Å²) in [6, 6.07) is 7.57. The number of benzene rings is 1. The van der Waals surface area contributed by atoms with Gasteiger partial charge in [-0.2, -0.15) is 0 Å². The maximum atomic E-state index is 12.4. The topological polar surface area (TPSA) is 114 Å². The van der Waals surface area contributed by atoms with Crippen molar-refractivity contribution in [1.82, 2.24) is 4.98 Å². The number of aromatic amines is 1. The van der Waals surface area contributed by atoms with E-state index in [2.05, 4.69) is 10.3 Å². The van der Waals surface area contributed by atoms with Gasteiger partial charge in [-0.1, -0.05) is 12.1 Å². The minimum Gasteiger partial charge on any atom is -0.466 e. The van der Waals surface area contributed by atoms with Crippen molar-refractivity contribution in [3.63, 3.8) is 0 Å². The number of nitro benzene ring substituents is 1. The van der Waals surface area contributed by atoms with Gasteiger partial charge in [0.1, 0.15) is 0 Å². The average Bonchev–Trinajstić information content (AvgIpc) is 2.60. The number of nitrogens with zero attached hydrogens (tertiary/aromatic N) is 1. The second-order valence-corrected chi connectivity index (χ2v) is 5.57. The van der Waals surface area contributed by atoms with Gasteiger partial charge in [0.2, 0.25) is 0 Å². The predicted molar refractivity (Wildman–Crippen MR) is 90.3 cm³/mol. The molecular weight excluding hydrogens is 326 g/mol. The van der Waals surface area contributed by atoms with E-state index in [1.54, 1.807) is 19.1 Å². The molecule has 3 rings (SSSR count). The first-order chi connectivity index (χ1) is 11.9. The third-order valence-electron chi connectivity index (χ3n) is 4.12. The van der Waals surface area contributed by atoms with Gasteiger partial charge in [-0.3, -0.25) is 14.9 Å². The smallest absolute Gasteiger partial charge is 0.336 e. The van der Waals surface area contributed by atoms with Crippen LogP contribution in [0.15, 0.2) is 52.6 Å². The highest BCUT2D eigenvalue weighted by Crippen LogP contribution is 2.40. The largest absolute Gasteiger partial charge is 0.466 e. The van der Waals surface area contributed by atoms with Crippen molar-refractivity contribution in [3.8, 4) is 0 Å². The molecule has 1 atom stereocenters. The zero-order valence-corrected chi connectivity index (χ0v) is 13.5. The number of allylic oxidation sites excluding steroid dienone is 1. The van der Waals surface area contributed by atoms with Crippen LogP contribution in [0.5, 0.6) is 0 Å². The van der Waals surface area contributed by atoms with Crippen LogP contribution >= 0.6 is 0 Å². The Morgan fingerprint density at radius 3 is 2.76 bits per heavy atom. The minimum atomic E-state index is -0.770. The fourth-order valence-corrected chi connectivity index (χ4v) is 3.05. The van der Waals surface area contributed by atoms with Crippen LogP contribution in [-0.4, -0.2) is 23.0 Å². The number of pyridine rings is 1. The summed E-state index contributed by atoms with van der Waals surface area (Å²) in [5.74, 6) is -1.37. The van der Waals surface area contributed by atoms with Gasteiger partial charge < -0.3 is 15.0 Å². The summed E-state index contributed by atoms with van der Waals surface area (Å²) in [6.45, 7) is 1.70. The molecule has 2 N–H and O–H groups in total. The molecule has 0 bridgehead atoms. The second kappa shape index (κ2) is 6.23. The number of hydrogen-bond donors (Lipinski definition) is 2. The standard InChI is InChI=1S/C17H15N3O5/c1-9-13(17(22)25-2)14(10-4-3-5-11(8-10)20(23)24)15-12(19-9)6-7-18-16(15)21/h3-8,14,19H,1-2H3,(H,18,21). The number of H-pyrrole nitrogens is 1. The Kier molecular flexibility index (Phi) is 4.10. The number of non-ortho nitro benzene ring substituents is 1. The molecule has 2 aromatic rings. The van der Waals surface area contributed by atoms with Crippen LogP contribution in [0, 0.1) is 10.1 Å². The molecule has 8 nitrogen and oxygen atoms in total. The number of esters is 1. The van der Waals surface area contributed by atoms with Crippen LogP contribution in [0.2, 0.25) is 0 Å². The van der Waals surface area contributed by atoms with Gasteiger partial charge in [0.05, 0.1) is 29.1 Å². The molecule has 0 fully saturated rings. The monoisotopic (exact) mass is 341 g/mol. The Morgan fingerprint density at radius 1 is 1.32 bits per heavy atom. The summed E-state index contributed by atoms with van der Waals surface area (Å²) in [5.41, 5.74) is 1.60. The molecule has 8 heteroatoms. The number of nitrogens with one attached hydrogen (secondary N) is 2. The van der Waals surface area contributed by atoms with Gasteiger partial charge in [-0.15, -0.1) is 0 Å². The molecule has 1 unspecified atom stereocenters. The molecule has 0 saturated heterocycles. The normalized spacial score (nSPS) is 16.0. The lowest BCUT2D eigenvalue weighted by Gasteiger charge is -2.28. The molecule has 0 amide bonds. The van der Waals surface area contributed by atoms with Crippen molar-refractivity contribution in [1.29, 1.82) is 0 Å². The third-order valence-corrected chi connectivity index (χ3v) is 4.12. The zero-order valence-electron chi connectivity index (χ0n) is 13.5. The van der Waals surface area contributed by atoms with Gasteiger partial charge in [0, 0.05) is 29.7 Å². The summed E-state index contributed by atoms with van der Waals surface area (Å²) in [6.07, 6.45) is 1.50. The highest BCUT2D eigenvalue weighted by Gasteiger charge is 2.35. The number of nitro groups is 1. The fourth-order valence-electron chi connectivity index (χ4n) is 3.05. The van der Waals surface area contributed by atoms with Crippen LogP contribution in [0.25, 0.3) is 0 Å². The Morgan fingerprint density at radius 2 is 2.08 bits per heavy atom. The lowest BCUT2D eigenvalue weighted by Crippen LogP contribution is -2.29. The van der Waals surface area contributed by atoms with Crippen molar-refractivity contribution >= 4 is 17.3 Å². The van der Waals surface area contributed by atoms with Crippen molar-refractivity contribution in [2.45, 2.75) is 12.8 Å². The van der Waals surface area contributed by atoms with E-state index in [0.29, 0.717) is 22.5 Å². The Hall–Kier alpha value is -3.42. The number of fused-ring (bicyclic) bond motifs is 1. The maximum absolute atomic E-state index is 12.4. The molecule has 0 saturated carbocycles. The van der Waals surface area contributed by atoms with E-state index < -0.39 is 16.8 Å². The fraction of sp³-hybridized carbons (Fsp3) is 0.176. The van der Waals surface area contributed by atoms with E-state index >= 15 is 0 Å². The van der Waals surface area contributed by atoms with Crippen molar-refractivity contribution in [2.75, 3.05) is 12.4 Å². The van der Waals surface area contributed by atoms with Crippen molar-refractivity contribution in [2.24, 2.45) is 0 Å². The van der Waals surface area contributed by atoms with Crippen LogP contribution in [-0.2, 0) is 9.53 Å². The SMILES string of the molecule is COC(=O)C1=C(C)Nc2cc[nH]c(=O)c2C1c1cccc([N+](=O)[O-])c1. The quantitative estimate of drug-likeness (QED) is 0.503. The molecule has 1 aliphatic heterocycles. The number of carbonyl (C=O) groups is 1. The van der Waals surface area contributed by atoms with Gasteiger partial charge in [-0.25, -0.2) is 4.79 Å². The molecule has 1 aliphatic rings. The van der Waals surface area contributed by atoms with Gasteiger partial charge in [0.25, 0.3) is 11.2 Å². The third kappa shape index (κ3) is 2.78. The van der Waals surface area contributed by atoms with Crippen molar-refractivity contribution < 1.29 is 14.5 Å². The Labute approximate surface area is 142 Å². The molecule has 1 aromatic carbocycles. The minimum absolute atomic E-state index is 0.119. The lowest BCUT2D eigenvalue weighted by atomic mass is 9.81. The van der Waals surface area contributed by atoms with E-state index in [1.807, 2.05) is 0 Å². The molecular formula is C17H15N3O5. The first-order valence-electron chi connectivity index (χ1n) is 7.46. The number of methoxy groups -OCH3 is 1. The molecule has 25 heavy (non-hydrogen) atoms. The van der Waals surface area contributed by atoms with Gasteiger partial charge in [-0.05, 0) is 18.6 Å². The van der Waals surface area contributed by atoms with E-state index in [0.717, 1.165) is 0 Å². The Bertz CT molecular complexity index is 961. The van der Waals surface area contributed by atoms with Crippen LogP contribution in [0.4, 0.5) is 11.4 Å².